The number of nitrogens with zero attached hydrogens (tertiary/aromatic N) is 5. The molecule has 0 spiro atoms. The molecule has 0 fully saturated rings. The molecule has 3 aromatic rings. The van der Waals surface area contributed by atoms with Crippen LogP contribution in [0.4, 0.5) is 5.69 Å². The molecule has 1 aromatic heterocycles. The normalized spacial score (nSPS) is 11.2. The van der Waals surface area contributed by atoms with E-state index < -0.39 is 4.92 Å². The summed E-state index contributed by atoms with van der Waals surface area (Å²) >= 11 is 1.20. The minimum Gasteiger partial charge on any atom is -0.305 e. The molecule has 1 amide bonds. The van der Waals surface area contributed by atoms with Gasteiger partial charge in [0.05, 0.1) is 16.9 Å². The number of rotatable bonds is 8. The molecule has 0 atom stereocenters. The van der Waals surface area contributed by atoms with Crippen molar-refractivity contribution in [1.29, 1.82) is 0 Å². The Morgan fingerprint density at radius 1 is 1.26 bits per heavy atom. The fourth-order valence-electron chi connectivity index (χ4n) is 2.76. The maximum Gasteiger partial charge on any atom is 0.270 e. The highest BCUT2D eigenvalue weighted by Crippen LogP contribution is 2.25. The third-order valence-electron chi connectivity index (χ3n) is 4.49. The Kier molecular flexibility index (Phi) is 7.14. The van der Waals surface area contributed by atoms with Gasteiger partial charge in [-0.15, -0.1) is 10.2 Å². The Hall–Kier alpha value is -3.53. The predicted molar refractivity (Wildman–Crippen MR) is 120 cm³/mol. The minimum absolute atomic E-state index is 0.0224. The van der Waals surface area contributed by atoms with E-state index in [0.717, 1.165) is 5.56 Å². The van der Waals surface area contributed by atoms with Crippen LogP contribution in [0, 0.1) is 10.1 Å². The fraction of sp³-hybridized carbons (Fsp3) is 0.238. The lowest BCUT2D eigenvalue weighted by Gasteiger charge is -2.05. The number of aromatic nitrogens is 3. The molecule has 0 saturated carbocycles. The van der Waals surface area contributed by atoms with Crippen LogP contribution >= 0.6 is 11.8 Å². The van der Waals surface area contributed by atoms with Gasteiger partial charge in [0.2, 0.25) is 0 Å². The van der Waals surface area contributed by atoms with Gasteiger partial charge in [-0.05, 0) is 17.0 Å². The van der Waals surface area contributed by atoms with Gasteiger partial charge < -0.3 is 4.57 Å². The smallest absolute Gasteiger partial charge is 0.270 e. The number of amides is 1. The van der Waals surface area contributed by atoms with Crippen LogP contribution in [0.25, 0.3) is 11.4 Å². The zero-order chi connectivity index (χ0) is 22.4. The van der Waals surface area contributed by atoms with Crippen LogP contribution in [-0.2, 0) is 11.8 Å². The van der Waals surface area contributed by atoms with E-state index in [1.54, 1.807) is 30.0 Å². The first-order chi connectivity index (χ1) is 14.8. The third-order valence-corrected chi connectivity index (χ3v) is 5.51. The number of carbonyl (C=O) groups is 1. The summed E-state index contributed by atoms with van der Waals surface area (Å²) in [6.07, 6.45) is 1.59. The van der Waals surface area contributed by atoms with Gasteiger partial charge in [0.15, 0.2) is 11.0 Å². The Morgan fingerprint density at radius 3 is 2.68 bits per heavy atom. The van der Waals surface area contributed by atoms with Gasteiger partial charge in [0.25, 0.3) is 11.6 Å². The highest BCUT2D eigenvalue weighted by Gasteiger charge is 2.15. The van der Waals surface area contributed by atoms with Crippen molar-refractivity contribution in [1.82, 2.24) is 20.2 Å². The summed E-state index contributed by atoms with van der Waals surface area (Å²) in [7, 11) is 1.74. The molecule has 1 N–H and O–H groups in total. The molecular formula is C21H22N6O3S. The van der Waals surface area contributed by atoms with Crippen molar-refractivity contribution >= 4 is 29.6 Å². The van der Waals surface area contributed by atoms with Crippen molar-refractivity contribution < 1.29 is 9.72 Å². The quantitative estimate of drug-likeness (QED) is 0.248. The first-order valence-electron chi connectivity index (χ1n) is 9.54. The summed E-state index contributed by atoms with van der Waals surface area (Å²) < 4.78 is 1.69. The lowest BCUT2D eigenvalue weighted by Crippen LogP contribution is -2.19. The maximum absolute atomic E-state index is 12.1. The molecule has 0 aliphatic rings. The number of thioether (sulfide) groups is 1. The van der Waals surface area contributed by atoms with E-state index in [4.69, 9.17) is 0 Å². The van der Waals surface area contributed by atoms with Gasteiger partial charge in [-0.1, -0.05) is 62.0 Å². The molecule has 0 unspecified atom stereocenters. The number of nitro benzene ring substituents is 1. The number of non-ortho nitro benzene ring substituents is 1. The maximum atomic E-state index is 12.1. The summed E-state index contributed by atoms with van der Waals surface area (Å²) in [5, 5.41) is 23.6. The summed E-state index contributed by atoms with van der Waals surface area (Å²) in [5.74, 6) is 0.764. The van der Waals surface area contributed by atoms with Gasteiger partial charge >= 0.3 is 0 Å². The second-order valence-corrected chi connectivity index (χ2v) is 8.02. The van der Waals surface area contributed by atoms with E-state index in [1.807, 2.05) is 24.3 Å². The molecule has 2 aromatic carbocycles. The van der Waals surface area contributed by atoms with E-state index in [0.29, 0.717) is 22.5 Å². The first kappa shape index (κ1) is 22.2. The molecule has 9 nitrogen and oxygen atoms in total. The van der Waals surface area contributed by atoms with Gasteiger partial charge in [-0.3, -0.25) is 14.9 Å². The van der Waals surface area contributed by atoms with Crippen LogP contribution < -0.4 is 5.43 Å². The molecule has 0 aliphatic carbocycles. The Bertz CT molecular complexity index is 1110. The van der Waals surface area contributed by atoms with Crippen LogP contribution in [0.5, 0.6) is 0 Å². The first-order valence-corrected chi connectivity index (χ1v) is 10.5. The van der Waals surface area contributed by atoms with Crippen molar-refractivity contribution in [2.24, 2.45) is 12.1 Å². The van der Waals surface area contributed by atoms with Crippen molar-refractivity contribution in [3.05, 3.63) is 69.8 Å². The predicted octanol–water partition coefficient (Wildman–Crippen LogP) is 3.76. The van der Waals surface area contributed by atoms with Crippen molar-refractivity contribution in [3.8, 4) is 11.4 Å². The van der Waals surface area contributed by atoms with E-state index in [-0.39, 0.29) is 17.3 Å². The Morgan fingerprint density at radius 2 is 2.00 bits per heavy atom. The lowest BCUT2D eigenvalue weighted by molar-refractivity contribution is -0.384. The average molecular weight is 439 g/mol. The van der Waals surface area contributed by atoms with Crippen LogP contribution in [0.2, 0.25) is 0 Å². The molecule has 31 heavy (non-hydrogen) atoms. The second kappa shape index (κ2) is 9.98. The van der Waals surface area contributed by atoms with E-state index in [1.165, 1.54) is 29.5 Å². The van der Waals surface area contributed by atoms with Crippen molar-refractivity contribution in [2.75, 3.05) is 5.75 Å². The standard InChI is InChI=1S/C21H22N6O3S/c1-14(2)16-9-7-15(8-10-16)12-22-23-19(28)13-31-21-25-24-20(26(21)3)17-5-4-6-18(11-17)27(29)30/h4-12,14H,13H2,1-3H3,(H,23,28)/b22-12-. The fourth-order valence-corrected chi connectivity index (χ4v) is 3.46. The van der Waals surface area contributed by atoms with Crippen LogP contribution in [-0.4, -0.2) is 37.6 Å². The molecular weight excluding hydrogens is 416 g/mol. The third kappa shape index (κ3) is 5.76. The number of hydrazone groups is 1. The molecule has 0 saturated heterocycles. The van der Waals surface area contributed by atoms with Gasteiger partial charge in [-0.2, -0.15) is 5.10 Å². The summed E-state index contributed by atoms with van der Waals surface area (Å²) in [4.78, 5) is 22.6. The Labute approximate surface area is 183 Å². The number of nitrogens with one attached hydrogen (secondary N) is 1. The number of carbonyl (C=O) groups excluding carboxylic acids is 1. The average Bonchev–Trinajstić information content (AvgIpc) is 3.13. The summed E-state index contributed by atoms with van der Waals surface area (Å²) in [6.45, 7) is 4.26. The highest BCUT2D eigenvalue weighted by molar-refractivity contribution is 7.99. The van der Waals surface area contributed by atoms with E-state index in [2.05, 4.69) is 34.6 Å². The van der Waals surface area contributed by atoms with Gasteiger partial charge in [-0.25, -0.2) is 5.43 Å². The number of nitro groups is 1. The molecule has 3 rings (SSSR count). The molecule has 0 radical (unpaired) electrons. The lowest BCUT2D eigenvalue weighted by atomic mass is 10.0. The number of hydrogen-bond donors (Lipinski definition) is 1. The summed E-state index contributed by atoms with van der Waals surface area (Å²) in [5.41, 5.74) is 5.19. The molecule has 10 heteroatoms. The van der Waals surface area contributed by atoms with Crippen molar-refractivity contribution in [2.45, 2.75) is 24.9 Å². The number of benzene rings is 2. The van der Waals surface area contributed by atoms with Gasteiger partial charge in [0.1, 0.15) is 0 Å². The van der Waals surface area contributed by atoms with Crippen LogP contribution in [0.15, 0.2) is 58.8 Å². The highest BCUT2D eigenvalue weighted by atomic mass is 32.2. The molecule has 0 bridgehead atoms. The number of hydrogen-bond acceptors (Lipinski definition) is 7. The molecule has 160 valence electrons. The zero-order valence-electron chi connectivity index (χ0n) is 17.3. The Balaban J connectivity index is 1.56. The topological polar surface area (TPSA) is 115 Å². The zero-order valence-corrected chi connectivity index (χ0v) is 18.2. The monoisotopic (exact) mass is 438 g/mol. The summed E-state index contributed by atoms with van der Waals surface area (Å²) in [6, 6.07) is 14.2. The van der Waals surface area contributed by atoms with E-state index >= 15 is 0 Å². The van der Waals surface area contributed by atoms with Crippen LogP contribution in [0.3, 0.4) is 0 Å². The minimum atomic E-state index is -0.459. The largest absolute Gasteiger partial charge is 0.305 e. The van der Waals surface area contributed by atoms with E-state index in [9.17, 15) is 14.9 Å². The van der Waals surface area contributed by atoms with Gasteiger partial charge in [0, 0.05) is 24.7 Å². The second-order valence-electron chi connectivity index (χ2n) is 7.08. The SMILES string of the molecule is CC(C)c1ccc(/C=N\NC(=O)CSc2nnc(-c3cccc([N+](=O)[O-])c3)n2C)cc1. The van der Waals surface area contributed by atoms with Crippen LogP contribution in [0.1, 0.15) is 30.9 Å². The molecule has 1 heterocycles. The van der Waals surface area contributed by atoms with Crippen molar-refractivity contribution in [3.63, 3.8) is 0 Å². The molecule has 0 aliphatic heterocycles.